The van der Waals surface area contributed by atoms with Crippen molar-refractivity contribution in [1.29, 1.82) is 10.8 Å². The number of fused-ring (bicyclic) bond motifs is 2. The number of aliphatic hydroxyl groups excluding tert-OH is 1. The fourth-order valence-electron chi connectivity index (χ4n) is 12.6. The second-order valence-corrected chi connectivity index (χ2v) is 30.8. The highest BCUT2D eigenvalue weighted by molar-refractivity contribution is 7.99. The molecule has 10 amide bonds. The summed E-state index contributed by atoms with van der Waals surface area (Å²) in [7, 11) is 0. The average molecular weight is 1690 g/mol. The van der Waals surface area contributed by atoms with Gasteiger partial charge >= 0.3 is 5.97 Å². The predicted molar refractivity (Wildman–Crippen MR) is 465 cm³/mol. The lowest BCUT2D eigenvalue weighted by molar-refractivity contribution is -0.136. The molecule has 1 aliphatic heterocycles. The Balaban J connectivity index is 1.45. The number of carboxylic acid groups (broad SMARTS) is 1. The summed E-state index contributed by atoms with van der Waals surface area (Å²) in [5.41, 5.74) is 34.2. The molecule has 120 heavy (non-hydrogen) atoms. The molecule has 2 aromatic carbocycles. The number of benzene rings is 3. The molecule has 0 spiro atoms. The van der Waals surface area contributed by atoms with Crippen LogP contribution in [0.5, 0.6) is 5.75 Å². The van der Waals surface area contributed by atoms with Crippen LogP contribution in [0, 0.1) is 23.2 Å². The minimum atomic E-state index is -1.78. The molecule has 35 heteroatoms. The number of phenolic OH excluding ortho intramolecular Hbond substituents is 1. The zero-order valence-electron chi connectivity index (χ0n) is 69.7. The highest BCUT2D eigenvalue weighted by Gasteiger charge is 2.35. The van der Waals surface area contributed by atoms with Gasteiger partial charge in [0.05, 0.1) is 12.2 Å². The van der Waals surface area contributed by atoms with E-state index in [0.29, 0.717) is 35.1 Å². The number of hydrogen-bond donors (Lipinski definition) is 21. The van der Waals surface area contributed by atoms with Crippen LogP contribution in [0.2, 0.25) is 0 Å². The van der Waals surface area contributed by atoms with Gasteiger partial charge in [-0.05, 0) is 219 Å². The Morgan fingerprint density at radius 3 is 1.51 bits per heavy atom. The molecule has 26 N–H and O–H groups in total. The quantitative estimate of drug-likeness (QED) is 0.00730. The van der Waals surface area contributed by atoms with E-state index >= 15 is 0 Å². The Morgan fingerprint density at radius 1 is 0.533 bits per heavy atom. The Kier molecular flexibility index (Phi) is 45.7. The monoisotopic (exact) mass is 1680 g/mol. The van der Waals surface area contributed by atoms with Crippen LogP contribution in [0.1, 0.15) is 197 Å². The van der Waals surface area contributed by atoms with Gasteiger partial charge in [0.15, 0.2) is 17.3 Å². The first-order valence-corrected chi connectivity index (χ1v) is 41.7. The number of unbranched alkanes of at least 4 members (excludes halogenated alkanes) is 3. The second-order valence-electron chi connectivity index (χ2n) is 29.8. The van der Waals surface area contributed by atoms with Crippen LogP contribution in [0.4, 0.5) is 0 Å². The summed E-state index contributed by atoms with van der Waals surface area (Å²) in [5, 5.41) is 75.9. The maximum atomic E-state index is 14.5. The molecule has 4 rings (SSSR count). The number of amides is 10. The highest BCUT2D eigenvalue weighted by atomic mass is 32.2. The summed E-state index contributed by atoms with van der Waals surface area (Å²) in [6.07, 6.45) is 21.5. The number of nitrogens with one attached hydrogen (secondary N) is 13. The fourth-order valence-corrected chi connectivity index (χ4v) is 13.7. The third-order valence-electron chi connectivity index (χ3n) is 19.4. The molecule has 0 fully saturated rings. The van der Waals surface area contributed by atoms with Gasteiger partial charge < -0.3 is 107 Å². The summed E-state index contributed by atoms with van der Waals surface area (Å²) in [6.45, 7) is 11.4. The van der Waals surface area contributed by atoms with Gasteiger partial charge in [-0.15, -0.1) is 12.3 Å². The third-order valence-corrected chi connectivity index (χ3v) is 20.4. The summed E-state index contributed by atoms with van der Waals surface area (Å²) in [4.78, 5) is 165. The van der Waals surface area contributed by atoms with Crippen LogP contribution in [0.3, 0.4) is 0 Å². The molecule has 0 aromatic heterocycles. The number of carbonyl (C=O) groups is 11. The lowest BCUT2D eigenvalue weighted by atomic mass is 9.90. The molecule has 656 valence electrons. The molecule has 0 unspecified atom stereocenters. The molecular weight excluding hydrogens is 1560 g/mol. The van der Waals surface area contributed by atoms with Gasteiger partial charge in [-0.25, -0.2) is 4.79 Å². The number of aromatic hydroxyl groups is 1. The zero-order chi connectivity index (χ0) is 88.8. The summed E-state index contributed by atoms with van der Waals surface area (Å²) >= 11 is 1.36. The van der Waals surface area contributed by atoms with E-state index in [4.69, 9.17) is 50.3 Å². The van der Waals surface area contributed by atoms with Crippen LogP contribution in [-0.4, -0.2) is 191 Å². The van der Waals surface area contributed by atoms with Crippen molar-refractivity contribution in [2.24, 2.45) is 28.7 Å². The van der Waals surface area contributed by atoms with Crippen molar-refractivity contribution in [1.82, 2.24) is 58.5 Å². The molecule has 8 atom stereocenters. The molecule has 2 aromatic rings. The minimum Gasteiger partial charge on any atom is -0.508 e. The van der Waals surface area contributed by atoms with Gasteiger partial charge in [-0.3, -0.25) is 63.6 Å². The topological polar surface area (TPSA) is 589 Å². The molecule has 2 aliphatic rings. The van der Waals surface area contributed by atoms with Gasteiger partial charge in [0.2, 0.25) is 53.2 Å². The summed E-state index contributed by atoms with van der Waals surface area (Å²) in [5.74, 6) is -7.51. The van der Waals surface area contributed by atoms with Crippen molar-refractivity contribution in [2.75, 3.05) is 50.8 Å². The van der Waals surface area contributed by atoms with Crippen LogP contribution in [0.25, 0.3) is 33.4 Å². The smallest absolute Gasteiger partial charge is 0.336 e. The van der Waals surface area contributed by atoms with Crippen molar-refractivity contribution >= 4 is 99.7 Å². The van der Waals surface area contributed by atoms with E-state index in [1.54, 1.807) is 6.07 Å². The number of aliphatic hydroxyl groups is 1. The predicted octanol–water partition coefficient (Wildman–Crippen LogP) is 4.32. The largest absolute Gasteiger partial charge is 0.508 e. The molecule has 1 heterocycles. The number of hydrogen-bond acceptors (Lipinski definition) is 20. The standard InChI is InChI=1S/C85H124N18O16S/c1-8-9-32-72(107)97-63(29-12-15-42-93-76(110)56-33-36-59(62(46-56)83(117)118)73-60-37-34-57(105)47-70(60)119-71-48-58(106)35-38-61(71)73)77(111)96-55(7)75(109)98-64(27-10-13-40-86)78(112)99-65(28-11-14-41-87)80(114)102-68(49-104)82(116)101-66(30-19-43-94-84(89)90)79(113)100-67(31-20-44-95-85(91)92)81(115)103-69(74(88)108)50-120-45-39-54(6)26-18-25-53(5)24-17-23-52(4)22-16-21-51(2)3/h1,21,23,25,33-39,46-48,55,63-69,104-105H,9-20,22,24,26-32,40-45,49-50,86-87H2,2-7H3,(H2,88,108)(H,93,110)(H,96,111)(H,97,107)(H,98,109)(H,99,112)(H,100,113)(H,101,116)(H,102,114)(H,103,115)(H,117,118)(H4,89,90,94)(H4,91,92,95)/b52-23+,53-25+,54-39+/t55-,63-,64-,65-,66-,67-,68-,69-/m0/s1. The lowest BCUT2D eigenvalue weighted by Crippen LogP contribution is -2.60. The number of carboxylic acids is 1. The SMILES string of the molecule is C#CCCC(=O)N[C@@H](CCCCNC(=O)c1ccc(-c2c3ccc(=O)cc-3oc3cc(O)ccc23)c(C(=O)O)c1)C(=O)N[C@@H](C)C(=O)N[C@@H](CCCCN)C(=O)N[C@@H](CCCCN)C(=O)N[C@@H](CO)C(=O)N[C@@H](CCCNC(=N)N)C(=O)N[C@@H](CCCNC(=N)N)C(=O)N[C@@H](CSC/C=C(\C)CC/C=C(\C)CC/C=C(\C)CCC=C(C)C)C(N)=O. The van der Waals surface area contributed by atoms with Crippen LogP contribution in [0.15, 0.2) is 110 Å². The maximum Gasteiger partial charge on any atom is 0.336 e. The van der Waals surface area contributed by atoms with Crippen molar-refractivity contribution in [3.63, 3.8) is 0 Å². The van der Waals surface area contributed by atoms with E-state index in [1.165, 1.54) is 83.9 Å². The van der Waals surface area contributed by atoms with E-state index in [0.717, 1.165) is 44.1 Å². The maximum absolute atomic E-state index is 14.5. The number of phenols is 1. The molecule has 0 bridgehead atoms. The Bertz CT molecular complexity index is 4360. The van der Waals surface area contributed by atoms with Gasteiger partial charge in [-0.2, -0.15) is 11.8 Å². The molecule has 0 saturated heterocycles. The Labute approximate surface area is 705 Å². The molecule has 0 radical (unpaired) electrons. The van der Waals surface area contributed by atoms with Crippen LogP contribution < -0.4 is 92.6 Å². The number of carbonyl (C=O) groups excluding carboxylic acids is 10. The second kappa shape index (κ2) is 54.5. The van der Waals surface area contributed by atoms with E-state index in [-0.39, 0.29) is 173 Å². The van der Waals surface area contributed by atoms with Gasteiger partial charge in [-0.1, -0.05) is 52.7 Å². The van der Waals surface area contributed by atoms with Crippen molar-refractivity contribution in [3.8, 4) is 40.5 Å². The number of aromatic carboxylic acids is 1. The van der Waals surface area contributed by atoms with Crippen molar-refractivity contribution in [3.05, 3.63) is 123 Å². The number of terminal acetylenes is 1. The molecular formula is C85H124N18O16S. The molecule has 34 nitrogen and oxygen atoms in total. The first-order chi connectivity index (χ1) is 57.2. The number of allylic oxidation sites excluding steroid dienone is 7. The van der Waals surface area contributed by atoms with Gasteiger partial charge in [0.25, 0.3) is 5.91 Å². The Morgan fingerprint density at radius 2 is 1.00 bits per heavy atom. The zero-order valence-corrected chi connectivity index (χ0v) is 70.5. The van der Waals surface area contributed by atoms with Crippen LogP contribution in [-0.2, 0) is 43.2 Å². The lowest BCUT2D eigenvalue weighted by Gasteiger charge is -2.27. The van der Waals surface area contributed by atoms with E-state index in [9.17, 15) is 72.9 Å². The number of rotatable bonds is 56. The van der Waals surface area contributed by atoms with E-state index < -0.39 is 120 Å². The first-order valence-electron chi connectivity index (χ1n) is 40.6. The van der Waals surface area contributed by atoms with Crippen molar-refractivity contribution < 1.29 is 72.5 Å². The normalized spacial score (nSPS) is 13.6. The Hall–Kier alpha value is -11.6. The van der Waals surface area contributed by atoms with E-state index in [2.05, 4.69) is 110 Å². The average Bonchev–Trinajstić information content (AvgIpc) is 0.746. The van der Waals surface area contributed by atoms with Gasteiger partial charge in [0, 0.05) is 78.2 Å². The number of thioether (sulfide) groups is 1. The summed E-state index contributed by atoms with van der Waals surface area (Å²) in [6, 6.07) is 1.15. The minimum absolute atomic E-state index is 0.00868. The number of primary amides is 1. The van der Waals surface area contributed by atoms with Crippen LogP contribution >= 0.6 is 11.8 Å². The van der Waals surface area contributed by atoms with Crippen molar-refractivity contribution in [2.45, 2.75) is 225 Å². The molecule has 0 saturated carbocycles. The molecule has 1 aliphatic carbocycles. The fraction of sp³-hybridized carbons (Fsp3) is 0.506. The van der Waals surface area contributed by atoms with E-state index in [1.807, 2.05) is 13.0 Å². The number of nitrogens with two attached hydrogens (primary N) is 5. The number of guanidine groups is 2. The van der Waals surface area contributed by atoms with Gasteiger partial charge in [0.1, 0.15) is 65.4 Å². The third kappa shape index (κ3) is 37.1. The summed E-state index contributed by atoms with van der Waals surface area (Å²) < 4.78 is 5.92. The highest BCUT2D eigenvalue weighted by Crippen LogP contribution is 2.42. The first kappa shape index (κ1) is 101.